The van der Waals surface area contributed by atoms with Gasteiger partial charge in [0.05, 0.1) is 10.7 Å². The molecule has 0 amide bonds. The molecule has 0 aliphatic rings. The number of aromatic nitrogens is 1. The lowest BCUT2D eigenvalue weighted by Crippen LogP contribution is -2.00. The van der Waals surface area contributed by atoms with Crippen LogP contribution in [0, 0.1) is 11.6 Å². The van der Waals surface area contributed by atoms with Crippen molar-refractivity contribution in [3.63, 3.8) is 0 Å². The normalized spacial score (nSPS) is 10.8. The average Bonchev–Trinajstić information content (AvgIpc) is 2.78. The number of halogens is 2. The molecular weight excluding hydrogens is 242 g/mol. The lowest BCUT2D eigenvalue weighted by atomic mass is 10.1. The van der Waals surface area contributed by atoms with Crippen molar-refractivity contribution in [3.05, 3.63) is 40.2 Å². The Morgan fingerprint density at radius 1 is 1.29 bits per heavy atom. The van der Waals surface area contributed by atoms with Crippen LogP contribution in [0.15, 0.2) is 23.6 Å². The third-order valence-electron chi connectivity index (χ3n) is 2.35. The van der Waals surface area contributed by atoms with E-state index in [1.165, 1.54) is 11.3 Å². The largest absolute Gasteiger partial charge is 0.330 e. The Kier molecular flexibility index (Phi) is 3.81. The van der Waals surface area contributed by atoms with Gasteiger partial charge in [0.2, 0.25) is 0 Å². The van der Waals surface area contributed by atoms with Crippen LogP contribution < -0.4 is 5.73 Å². The summed E-state index contributed by atoms with van der Waals surface area (Å²) >= 11 is 1.44. The molecule has 0 radical (unpaired) electrons. The number of aryl methyl sites for hydroxylation is 1. The van der Waals surface area contributed by atoms with Gasteiger partial charge in [-0.2, -0.15) is 0 Å². The van der Waals surface area contributed by atoms with E-state index in [1.807, 2.05) is 0 Å². The summed E-state index contributed by atoms with van der Waals surface area (Å²) in [5.41, 5.74) is 6.10. The van der Waals surface area contributed by atoms with E-state index in [-0.39, 0.29) is 5.56 Å². The van der Waals surface area contributed by atoms with E-state index in [1.54, 1.807) is 5.38 Å². The highest BCUT2D eigenvalue weighted by Crippen LogP contribution is 2.25. The van der Waals surface area contributed by atoms with Crippen molar-refractivity contribution in [2.24, 2.45) is 5.73 Å². The maximum atomic E-state index is 13.5. The van der Waals surface area contributed by atoms with Crippen LogP contribution in [0.25, 0.3) is 11.3 Å². The van der Waals surface area contributed by atoms with Gasteiger partial charge in [-0.05, 0) is 31.2 Å². The SMILES string of the molecule is NCCCc1nc(-c2cc(F)ccc2F)cs1. The first-order valence-corrected chi connectivity index (χ1v) is 6.18. The van der Waals surface area contributed by atoms with Gasteiger partial charge in [0.15, 0.2) is 0 Å². The zero-order valence-corrected chi connectivity index (χ0v) is 9.94. The molecule has 0 atom stereocenters. The molecule has 1 aromatic heterocycles. The third-order valence-corrected chi connectivity index (χ3v) is 3.26. The molecule has 2 aromatic rings. The lowest BCUT2D eigenvalue weighted by Gasteiger charge is -1.99. The molecule has 0 fully saturated rings. The lowest BCUT2D eigenvalue weighted by molar-refractivity contribution is 0.602. The second-order valence-corrected chi connectivity index (χ2v) is 4.59. The Balaban J connectivity index is 2.27. The number of nitrogens with two attached hydrogens (primary N) is 1. The second kappa shape index (κ2) is 5.33. The fraction of sp³-hybridized carbons (Fsp3) is 0.250. The van der Waals surface area contributed by atoms with Crippen LogP contribution in [0.1, 0.15) is 11.4 Å². The molecule has 0 bridgehead atoms. The first-order chi connectivity index (χ1) is 8.20. The summed E-state index contributed by atoms with van der Waals surface area (Å²) in [5.74, 6) is -0.917. The van der Waals surface area contributed by atoms with Crippen LogP contribution in [-0.4, -0.2) is 11.5 Å². The van der Waals surface area contributed by atoms with E-state index in [2.05, 4.69) is 4.98 Å². The Bertz CT molecular complexity index is 511. The molecule has 5 heteroatoms. The van der Waals surface area contributed by atoms with Crippen molar-refractivity contribution >= 4 is 11.3 Å². The van der Waals surface area contributed by atoms with Crippen LogP contribution in [0.3, 0.4) is 0 Å². The highest BCUT2D eigenvalue weighted by atomic mass is 32.1. The Labute approximate surface area is 102 Å². The van der Waals surface area contributed by atoms with Gasteiger partial charge in [-0.3, -0.25) is 0 Å². The van der Waals surface area contributed by atoms with E-state index in [0.29, 0.717) is 12.2 Å². The number of hydrogen-bond donors (Lipinski definition) is 1. The number of rotatable bonds is 4. The van der Waals surface area contributed by atoms with Gasteiger partial charge in [-0.1, -0.05) is 0 Å². The molecule has 0 unspecified atom stereocenters. The number of thiazole rings is 1. The van der Waals surface area contributed by atoms with Gasteiger partial charge < -0.3 is 5.73 Å². The quantitative estimate of drug-likeness (QED) is 0.911. The summed E-state index contributed by atoms with van der Waals surface area (Å²) in [4.78, 5) is 4.28. The van der Waals surface area contributed by atoms with E-state index in [9.17, 15) is 8.78 Å². The molecule has 90 valence electrons. The molecule has 2 N–H and O–H groups in total. The van der Waals surface area contributed by atoms with Gasteiger partial charge >= 0.3 is 0 Å². The number of nitrogens with zero attached hydrogens (tertiary/aromatic N) is 1. The van der Waals surface area contributed by atoms with Crippen molar-refractivity contribution in [2.45, 2.75) is 12.8 Å². The van der Waals surface area contributed by atoms with Crippen LogP contribution in [0.4, 0.5) is 8.78 Å². The van der Waals surface area contributed by atoms with Crippen LogP contribution in [0.2, 0.25) is 0 Å². The predicted octanol–water partition coefficient (Wildman–Crippen LogP) is 2.98. The molecule has 1 aromatic carbocycles. The summed E-state index contributed by atoms with van der Waals surface area (Å²) in [5, 5.41) is 2.64. The van der Waals surface area contributed by atoms with E-state index in [4.69, 9.17) is 5.73 Å². The van der Waals surface area contributed by atoms with E-state index >= 15 is 0 Å². The molecule has 0 aliphatic carbocycles. The maximum absolute atomic E-state index is 13.5. The number of benzene rings is 1. The molecule has 0 saturated heterocycles. The standard InChI is InChI=1S/C12H12F2N2S/c13-8-3-4-10(14)9(6-8)11-7-17-12(16-11)2-1-5-15/h3-4,6-7H,1-2,5,15H2. The van der Waals surface area contributed by atoms with Crippen molar-refractivity contribution in [2.75, 3.05) is 6.54 Å². The van der Waals surface area contributed by atoms with Gasteiger partial charge in [0, 0.05) is 17.4 Å². The van der Waals surface area contributed by atoms with Crippen molar-refractivity contribution in [1.29, 1.82) is 0 Å². The summed E-state index contributed by atoms with van der Waals surface area (Å²) in [6.07, 6.45) is 1.62. The van der Waals surface area contributed by atoms with Crippen LogP contribution >= 0.6 is 11.3 Å². The molecular formula is C12H12F2N2S. The maximum Gasteiger partial charge on any atom is 0.132 e. The summed E-state index contributed by atoms with van der Waals surface area (Å²) in [7, 11) is 0. The Morgan fingerprint density at radius 3 is 2.88 bits per heavy atom. The van der Waals surface area contributed by atoms with Crippen molar-refractivity contribution in [1.82, 2.24) is 4.98 Å². The fourth-order valence-electron chi connectivity index (χ4n) is 1.50. The first kappa shape index (κ1) is 12.1. The smallest absolute Gasteiger partial charge is 0.132 e. The summed E-state index contributed by atoms with van der Waals surface area (Å²) in [6.45, 7) is 0.600. The first-order valence-electron chi connectivity index (χ1n) is 5.30. The molecule has 0 saturated carbocycles. The minimum Gasteiger partial charge on any atom is -0.330 e. The molecule has 2 rings (SSSR count). The van der Waals surface area contributed by atoms with Gasteiger partial charge in [-0.15, -0.1) is 11.3 Å². The Morgan fingerprint density at radius 2 is 2.12 bits per heavy atom. The molecule has 2 nitrogen and oxygen atoms in total. The number of hydrogen-bond acceptors (Lipinski definition) is 3. The minimum atomic E-state index is -0.460. The van der Waals surface area contributed by atoms with Crippen LogP contribution in [0.5, 0.6) is 0 Å². The molecule has 0 aliphatic heterocycles. The van der Waals surface area contributed by atoms with Crippen molar-refractivity contribution in [3.8, 4) is 11.3 Å². The highest BCUT2D eigenvalue weighted by molar-refractivity contribution is 7.09. The predicted molar refractivity (Wildman–Crippen MR) is 64.8 cm³/mol. The fourth-order valence-corrected chi connectivity index (χ4v) is 2.34. The minimum absolute atomic E-state index is 0.209. The van der Waals surface area contributed by atoms with Gasteiger partial charge in [0.1, 0.15) is 11.6 Å². The zero-order valence-electron chi connectivity index (χ0n) is 9.12. The Hall–Kier alpha value is -1.33. The summed E-state index contributed by atoms with van der Waals surface area (Å²) < 4.78 is 26.5. The zero-order chi connectivity index (χ0) is 12.3. The highest BCUT2D eigenvalue weighted by Gasteiger charge is 2.10. The topological polar surface area (TPSA) is 38.9 Å². The summed E-state index contributed by atoms with van der Waals surface area (Å²) in [6, 6.07) is 3.38. The second-order valence-electron chi connectivity index (χ2n) is 3.64. The van der Waals surface area contributed by atoms with Crippen LogP contribution in [-0.2, 0) is 6.42 Å². The molecule has 0 spiro atoms. The monoisotopic (exact) mass is 254 g/mol. The molecule has 17 heavy (non-hydrogen) atoms. The van der Waals surface area contributed by atoms with Gasteiger partial charge in [0.25, 0.3) is 0 Å². The third kappa shape index (κ3) is 2.87. The molecule has 1 heterocycles. The van der Waals surface area contributed by atoms with Gasteiger partial charge in [-0.25, -0.2) is 13.8 Å². The average molecular weight is 254 g/mol. The van der Waals surface area contributed by atoms with Crippen molar-refractivity contribution < 1.29 is 8.78 Å². The van der Waals surface area contributed by atoms with E-state index in [0.717, 1.165) is 36.0 Å². The van der Waals surface area contributed by atoms with E-state index < -0.39 is 11.6 Å².